The van der Waals surface area contributed by atoms with E-state index in [1.165, 1.54) is 57.8 Å². The van der Waals surface area contributed by atoms with Crippen LogP contribution in [0.15, 0.2) is 28.9 Å². The quantitative estimate of drug-likeness (QED) is 0.505. The number of aliphatic imine (C=N–C) groups is 1. The van der Waals surface area contributed by atoms with Gasteiger partial charge in [-0.15, -0.1) is 0 Å². The van der Waals surface area contributed by atoms with Gasteiger partial charge < -0.3 is 4.74 Å². The Morgan fingerprint density at radius 2 is 1.88 bits per heavy atom. The van der Waals surface area contributed by atoms with Gasteiger partial charge in [0.05, 0.1) is 13.2 Å². The largest absolute Gasteiger partial charge is 0.381 e. The monoisotopic (exact) mass is 329 g/mol. The molecule has 3 rings (SSSR count). The van der Waals surface area contributed by atoms with Crippen molar-refractivity contribution < 1.29 is 4.74 Å². The fourth-order valence-corrected chi connectivity index (χ4v) is 4.35. The van der Waals surface area contributed by atoms with Crippen molar-refractivity contribution in [1.29, 1.82) is 0 Å². The van der Waals surface area contributed by atoms with E-state index in [0.717, 1.165) is 31.0 Å². The van der Waals surface area contributed by atoms with Crippen LogP contribution in [0.5, 0.6) is 0 Å². The Balaban J connectivity index is 1.60. The van der Waals surface area contributed by atoms with E-state index in [9.17, 15) is 0 Å². The molecule has 3 aliphatic rings. The van der Waals surface area contributed by atoms with Crippen molar-refractivity contribution in [2.24, 2.45) is 28.2 Å². The lowest BCUT2D eigenvalue weighted by atomic mass is 9.72. The Kier molecular flexibility index (Phi) is 6.32. The molecule has 0 bridgehead atoms. The van der Waals surface area contributed by atoms with Crippen LogP contribution < -0.4 is 0 Å². The highest BCUT2D eigenvalue weighted by Gasteiger charge is 2.42. The first kappa shape index (κ1) is 17.9. The van der Waals surface area contributed by atoms with Crippen LogP contribution in [0.25, 0.3) is 0 Å². The second-order valence-corrected chi connectivity index (χ2v) is 8.53. The van der Waals surface area contributed by atoms with Crippen molar-refractivity contribution in [2.75, 3.05) is 13.2 Å². The molecule has 134 valence electrons. The summed E-state index contributed by atoms with van der Waals surface area (Å²) in [6.45, 7) is 6.51. The van der Waals surface area contributed by atoms with Gasteiger partial charge in [-0.25, -0.2) is 0 Å². The van der Waals surface area contributed by atoms with Crippen molar-refractivity contribution in [3.05, 3.63) is 23.9 Å². The van der Waals surface area contributed by atoms with Gasteiger partial charge in [0, 0.05) is 18.3 Å². The summed E-state index contributed by atoms with van der Waals surface area (Å²) in [6.07, 6.45) is 20.7. The van der Waals surface area contributed by atoms with E-state index in [0.29, 0.717) is 5.41 Å². The van der Waals surface area contributed by atoms with Gasteiger partial charge in [-0.1, -0.05) is 32.3 Å². The van der Waals surface area contributed by atoms with Gasteiger partial charge in [0.15, 0.2) is 0 Å². The van der Waals surface area contributed by atoms with Gasteiger partial charge in [0.25, 0.3) is 0 Å². The lowest BCUT2D eigenvalue weighted by molar-refractivity contribution is -0.0396. The summed E-state index contributed by atoms with van der Waals surface area (Å²) < 4.78 is 5.35. The summed E-state index contributed by atoms with van der Waals surface area (Å²) in [5.74, 6) is 2.68. The van der Waals surface area contributed by atoms with Crippen molar-refractivity contribution in [1.82, 2.24) is 0 Å². The zero-order valence-electron chi connectivity index (χ0n) is 15.7. The van der Waals surface area contributed by atoms with Crippen molar-refractivity contribution >= 4 is 6.21 Å². The molecule has 2 atom stereocenters. The lowest BCUT2D eigenvalue weighted by Crippen LogP contribution is -2.29. The molecule has 0 aromatic rings. The summed E-state index contributed by atoms with van der Waals surface area (Å²) in [4.78, 5) is 4.56. The Bertz CT molecular complexity index is 482. The standard InChI is InChI=1S/C22H35NO/c1-3-4-13-23-15-21(22(2)11-12-22)14-20-8-6-5-7-19(20)10-9-18-16-24-17-18/h3-4,13,15,18-20H,5-12,14,16-17H2,1-2H3/b4-3+,21-15+,23-13+. The Morgan fingerprint density at radius 3 is 2.50 bits per heavy atom. The molecule has 24 heavy (non-hydrogen) atoms. The number of hydrogen-bond donors (Lipinski definition) is 0. The second-order valence-electron chi connectivity index (χ2n) is 8.53. The van der Waals surface area contributed by atoms with Gasteiger partial charge in [-0.3, -0.25) is 4.99 Å². The average Bonchev–Trinajstić information content (AvgIpc) is 3.29. The molecule has 2 unspecified atom stereocenters. The molecule has 0 radical (unpaired) electrons. The van der Waals surface area contributed by atoms with Crippen LogP contribution in [-0.4, -0.2) is 19.4 Å². The van der Waals surface area contributed by atoms with Crippen molar-refractivity contribution in [3.8, 4) is 0 Å². The van der Waals surface area contributed by atoms with E-state index in [-0.39, 0.29) is 0 Å². The fourth-order valence-electron chi connectivity index (χ4n) is 4.35. The summed E-state index contributed by atoms with van der Waals surface area (Å²) in [5, 5.41) is 0. The van der Waals surface area contributed by atoms with E-state index < -0.39 is 0 Å². The molecule has 2 saturated carbocycles. The highest BCUT2D eigenvalue weighted by molar-refractivity contribution is 5.71. The Morgan fingerprint density at radius 1 is 1.12 bits per heavy atom. The minimum atomic E-state index is 0.455. The number of rotatable bonds is 8. The molecular weight excluding hydrogens is 294 g/mol. The molecule has 0 spiro atoms. The van der Waals surface area contributed by atoms with Crippen LogP contribution in [0.1, 0.15) is 71.6 Å². The average molecular weight is 330 g/mol. The third kappa shape index (κ3) is 4.81. The summed E-state index contributed by atoms with van der Waals surface area (Å²) in [6, 6.07) is 0. The molecule has 0 N–H and O–H groups in total. The SMILES string of the molecule is C/C=C/C=N/C=C(\CC1CCCCC1CCC1COC1)C1(C)CC1. The second kappa shape index (κ2) is 8.47. The maximum atomic E-state index is 5.35. The van der Waals surface area contributed by atoms with Gasteiger partial charge in [0.2, 0.25) is 0 Å². The molecule has 2 aliphatic carbocycles. The molecular formula is C22H35NO. The lowest BCUT2D eigenvalue weighted by Gasteiger charge is -2.35. The zero-order chi connectivity index (χ0) is 16.8. The van der Waals surface area contributed by atoms with E-state index in [4.69, 9.17) is 4.74 Å². The third-order valence-electron chi connectivity index (χ3n) is 6.57. The van der Waals surface area contributed by atoms with Gasteiger partial charge in [-0.05, 0) is 74.3 Å². The molecule has 3 fully saturated rings. The summed E-state index contributed by atoms with van der Waals surface area (Å²) >= 11 is 0. The molecule has 1 heterocycles. The van der Waals surface area contributed by atoms with E-state index in [2.05, 4.69) is 18.1 Å². The van der Waals surface area contributed by atoms with E-state index in [1.54, 1.807) is 5.57 Å². The Hall–Kier alpha value is -0.890. The molecule has 1 aliphatic heterocycles. The minimum absolute atomic E-state index is 0.455. The van der Waals surface area contributed by atoms with E-state index in [1.807, 2.05) is 25.3 Å². The summed E-state index contributed by atoms with van der Waals surface area (Å²) in [7, 11) is 0. The first-order valence-corrected chi connectivity index (χ1v) is 10.1. The molecule has 2 heteroatoms. The predicted molar refractivity (Wildman–Crippen MR) is 102 cm³/mol. The van der Waals surface area contributed by atoms with Crippen molar-refractivity contribution in [3.63, 3.8) is 0 Å². The Labute approximate surface area is 148 Å². The van der Waals surface area contributed by atoms with Crippen LogP contribution in [0.3, 0.4) is 0 Å². The number of nitrogens with zero attached hydrogens (tertiary/aromatic N) is 1. The van der Waals surface area contributed by atoms with E-state index >= 15 is 0 Å². The normalized spacial score (nSPS) is 30.8. The highest BCUT2D eigenvalue weighted by Crippen LogP contribution is 2.54. The van der Waals surface area contributed by atoms with Crippen LogP contribution in [0.4, 0.5) is 0 Å². The van der Waals surface area contributed by atoms with Gasteiger partial charge >= 0.3 is 0 Å². The zero-order valence-corrected chi connectivity index (χ0v) is 15.7. The molecule has 2 nitrogen and oxygen atoms in total. The third-order valence-corrected chi connectivity index (χ3v) is 6.57. The topological polar surface area (TPSA) is 21.6 Å². The maximum Gasteiger partial charge on any atom is 0.0516 e. The molecule has 0 amide bonds. The van der Waals surface area contributed by atoms with Gasteiger partial charge in [-0.2, -0.15) is 0 Å². The van der Waals surface area contributed by atoms with Crippen LogP contribution in [0.2, 0.25) is 0 Å². The minimum Gasteiger partial charge on any atom is -0.381 e. The smallest absolute Gasteiger partial charge is 0.0516 e. The summed E-state index contributed by atoms with van der Waals surface area (Å²) in [5.41, 5.74) is 2.07. The first-order valence-electron chi connectivity index (χ1n) is 10.1. The fraction of sp³-hybridized carbons (Fsp3) is 0.773. The van der Waals surface area contributed by atoms with Crippen LogP contribution in [-0.2, 0) is 4.74 Å². The first-order chi connectivity index (χ1) is 11.7. The van der Waals surface area contributed by atoms with Gasteiger partial charge in [0.1, 0.15) is 0 Å². The predicted octanol–water partition coefficient (Wildman–Crippen LogP) is 5.94. The molecule has 0 aromatic heterocycles. The van der Waals surface area contributed by atoms with Crippen molar-refractivity contribution in [2.45, 2.75) is 71.6 Å². The number of hydrogen-bond acceptors (Lipinski definition) is 2. The highest BCUT2D eigenvalue weighted by atomic mass is 16.5. The van der Waals surface area contributed by atoms with Crippen LogP contribution in [0, 0.1) is 23.2 Å². The maximum absolute atomic E-state index is 5.35. The number of allylic oxidation sites excluding steroid dienone is 3. The number of ether oxygens (including phenoxy) is 1. The molecule has 1 saturated heterocycles. The van der Waals surface area contributed by atoms with Crippen LogP contribution >= 0.6 is 0 Å². The molecule has 0 aromatic carbocycles.